The molecule has 1 atom stereocenters. The Hall–Kier alpha value is -1.13. The quantitative estimate of drug-likeness (QED) is 0.836. The van der Waals surface area contributed by atoms with Crippen LogP contribution in [0.4, 0.5) is 0 Å². The van der Waals surface area contributed by atoms with E-state index in [1.54, 1.807) is 0 Å². The van der Waals surface area contributed by atoms with Crippen molar-refractivity contribution in [3.05, 3.63) is 28.8 Å². The van der Waals surface area contributed by atoms with E-state index in [4.69, 9.17) is 16.9 Å². The summed E-state index contributed by atoms with van der Waals surface area (Å²) in [4.78, 5) is -0.100. The first-order valence-electron chi connectivity index (χ1n) is 5.78. The van der Waals surface area contributed by atoms with Gasteiger partial charge in [-0.05, 0) is 24.6 Å². The van der Waals surface area contributed by atoms with Crippen LogP contribution in [-0.2, 0) is 10.0 Å². The molecule has 0 spiro atoms. The summed E-state index contributed by atoms with van der Waals surface area (Å²) >= 11 is 5.84. The van der Waals surface area contributed by atoms with E-state index in [2.05, 4.69) is 4.72 Å². The molecule has 5 nitrogen and oxygen atoms in total. The normalized spacial score (nSPS) is 12.9. The zero-order chi connectivity index (χ0) is 14.5. The average molecular weight is 303 g/mol. The zero-order valence-electron chi connectivity index (χ0n) is 10.4. The molecule has 0 saturated carbocycles. The largest absolute Gasteiger partial charge is 0.392 e. The first-order chi connectivity index (χ1) is 8.90. The molecule has 0 aliphatic carbocycles. The molecule has 0 aliphatic rings. The van der Waals surface area contributed by atoms with Gasteiger partial charge in [0.05, 0.1) is 22.8 Å². The van der Waals surface area contributed by atoms with Gasteiger partial charge < -0.3 is 5.11 Å². The van der Waals surface area contributed by atoms with Crippen LogP contribution in [-0.4, -0.2) is 26.2 Å². The van der Waals surface area contributed by atoms with E-state index in [1.165, 1.54) is 18.2 Å². The summed E-state index contributed by atoms with van der Waals surface area (Å²) in [6.45, 7) is 1.84. The van der Waals surface area contributed by atoms with Crippen molar-refractivity contribution < 1.29 is 13.5 Å². The smallest absolute Gasteiger partial charge is 0.242 e. The van der Waals surface area contributed by atoms with Crippen molar-refractivity contribution in [2.75, 3.05) is 6.54 Å². The molecule has 1 rings (SSSR count). The predicted molar refractivity (Wildman–Crippen MR) is 72.3 cm³/mol. The van der Waals surface area contributed by atoms with Crippen LogP contribution in [0.2, 0.25) is 5.02 Å². The molecule has 0 amide bonds. The summed E-state index contributed by atoms with van der Waals surface area (Å²) < 4.78 is 26.2. The summed E-state index contributed by atoms with van der Waals surface area (Å²) in [5.74, 6) is 0. The first-order valence-corrected chi connectivity index (χ1v) is 7.64. The molecule has 104 valence electrons. The monoisotopic (exact) mass is 302 g/mol. The molecule has 0 aromatic heterocycles. The van der Waals surface area contributed by atoms with Crippen molar-refractivity contribution in [1.82, 2.24) is 4.72 Å². The molecular weight excluding hydrogens is 288 g/mol. The third kappa shape index (κ3) is 4.48. The van der Waals surface area contributed by atoms with Crippen LogP contribution in [0.25, 0.3) is 0 Å². The fraction of sp³-hybridized carbons (Fsp3) is 0.417. The number of nitrogens with one attached hydrogen (secondary N) is 1. The third-order valence-corrected chi connectivity index (χ3v) is 4.39. The summed E-state index contributed by atoms with van der Waals surface area (Å²) in [6, 6.07) is 5.82. The molecule has 0 aliphatic heterocycles. The minimum Gasteiger partial charge on any atom is -0.392 e. The van der Waals surface area contributed by atoms with Gasteiger partial charge in [-0.25, -0.2) is 13.1 Å². The Balaban J connectivity index is 2.86. The molecular formula is C12H15ClN2O3S. The van der Waals surface area contributed by atoms with E-state index in [-0.39, 0.29) is 22.0 Å². The van der Waals surface area contributed by atoms with Crippen LogP contribution in [0.3, 0.4) is 0 Å². The second-order valence-electron chi connectivity index (χ2n) is 4.05. The number of nitrogens with zero attached hydrogens (tertiary/aromatic N) is 1. The van der Waals surface area contributed by atoms with Crippen LogP contribution in [0.1, 0.15) is 25.3 Å². The van der Waals surface area contributed by atoms with Crippen molar-refractivity contribution in [1.29, 1.82) is 5.26 Å². The number of rotatable bonds is 6. The molecule has 0 fully saturated rings. The fourth-order valence-corrected chi connectivity index (χ4v) is 3.12. The number of benzene rings is 1. The lowest BCUT2D eigenvalue weighted by atomic mass is 10.2. The number of sulfonamides is 1. The molecule has 7 heteroatoms. The van der Waals surface area contributed by atoms with Crippen molar-refractivity contribution in [3.63, 3.8) is 0 Å². The second-order valence-corrected chi connectivity index (χ2v) is 6.19. The maximum Gasteiger partial charge on any atom is 0.242 e. The highest BCUT2D eigenvalue weighted by Gasteiger charge is 2.19. The summed E-state index contributed by atoms with van der Waals surface area (Å²) in [6.07, 6.45) is 0.557. The molecule has 0 bridgehead atoms. The number of hydrogen-bond donors (Lipinski definition) is 2. The van der Waals surface area contributed by atoms with Crippen LogP contribution >= 0.6 is 11.6 Å². The van der Waals surface area contributed by atoms with Gasteiger partial charge in [0.25, 0.3) is 0 Å². The highest BCUT2D eigenvalue weighted by atomic mass is 35.5. The SMILES string of the molecule is CCCC(O)CNS(=O)(=O)c1ccc(C#N)cc1Cl. The lowest BCUT2D eigenvalue weighted by Gasteiger charge is -2.12. The van der Waals surface area contributed by atoms with Gasteiger partial charge in [-0.15, -0.1) is 0 Å². The Morgan fingerprint density at radius 2 is 2.21 bits per heavy atom. The lowest BCUT2D eigenvalue weighted by molar-refractivity contribution is 0.167. The van der Waals surface area contributed by atoms with Gasteiger partial charge in [-0.3, -0.25) is 0 Å². The fourth-order valence-electron chi connectivity index (χ4n) is 1.51. The average Bonchev–Trinajstić information content (AvgIpc) is 2.36. The van der Waals surface area contributed by atoms with Gasteiger partial charge in [0, 0.05) is 6.54 Å². The first kappa shape index (κ1) is 15.9. The Morgan fingerprint density at radius 1 is 1.53 bits per heavy atom. The predicted octanol–water partition coefficient (Wildman–Crippen LogP) is 1.65. The number of hydrogen-bond acceptors (Lipinski definition) is 4. The summed E-state index contributed by atoms with van der Waals surface area (Å²) in [7, 11) is -3.78. The van der Waals surface area contributed by atoms with E-state index >= 15 is 0 Å². The van der Waals surface area contributed by atoms with Crippen molar-refractivity contribution in [2.45, 2.75) is 30.8 Å². The Bertz CT molecular complexity index is 581. The highest BCUT2D eigenvalue weighted by Crippen LogP contribution is 2.22. The molecule has 0 heterocycles. The Kier molecular flexibility index (Phi) is 5.76. The van der Waals surface area contributed by atoms with E-state index < -0.39 is 16.1 Å². The maximum absolute atomic E-state index is 12.0. The van der Waals surface area contributed by atoms with Crippen LogP contribution < -0.4 is 4.72 Å². The summed E-state index contributed by atoms with van der Waals surface area (Å²) in [5, 5.41) is 18.2. The molecule has 0 radical (unpaired) electrons. The van der Waals surface area contributed by atoms with Gasteiger partial charge in [0.15, 0.2) is 0 Å². The van der Waals surface area contributed by atoms with Gasteiger partial charge >= 0.3 is 0 Å². The van der Waals surface area contributed by atoms with Gasteiger partial charge in [0.1, 0.15) is 4.90 Å². The second kappa shape index (κ2) is 6.87. The number of halogens is 1. The van der Waals surface area contributed by atoms with Gasteiger partial charge in [0.2, 0.25) is 10.0 Å². The molecule has 19 heavy (non-hydrogen) atoms. The molecule has 2 N–H and O–H groups in total. The van der Waals surface area contributed by atoms with E-state index in [0.717, 1.165) is 6.42 Å². The molecule has 1 aromatic rings. The van der Waals surface area contributed by atoms with Gasteiger partial charge in [-0.1, -0.05) is 24.9 Å². The summed E-state index contributed by atoms with van der Waals surface area (Å²) in [5.41, 5.74) is 0.287. The van der Waals surface area contributed by atoms with Crippen molar-refractivity contribution in [3.8, 4) is 6.07 Å². The molecule has 0 saturated heterocycles. The van der Waals surface area contributed by atoms with Crippen LogP contribution in [0.15, 0.2) is 23.1 Å². The van der Waals surface area contributed by atoms with Crippen LogP contribution in [0.5, 0.6) is 0 Å². The minimum atomic E-state index is -3.78. The Labute approximate surface area is 117 Å². The van der Waals surface area contributed by atoms with E-state index in [0.29, 0.717) is 6.42 Å². The number of aliphatic hydroxyl groups excluding tert-OH is 1. The lowest BCUT2D eigenvalue weighted by Crippen LogP contribution is -2.32. The standard InChI is InChI=1S/C12H15ClN2O3S/c1-2-3-10(16)8-15-19(17,18)12-5-4-9(7-14)6-11(12)13/h4-6,10,15-16H,2-3,8H2,1H3. The van der Waals surface area contributed by atoms with Crippen molar-refractivity contribution in [2.24, 2.45) is 0 Å². The number of nitriles is 1. The van der Waals surface area contributed by atoms with E-state index in [1.807, 2.05) is 13.0 Å². The third-order valence-electron chi connectivity index (χ3n) is 2.48. The minimum absolute atomic E-state index is 0.0171. The Morgan fingerprint density at radius 3 is 2.74 bits per heavy atom. The van der Waals surface area contributed by atoms with E-state index in [9.17, 15) is 13.5 Å². The highest BCUT2D eigenvalue weighted by molar-refractivity contribution is 7.89. The zero-order valence-corrected chi connectivity index (χ0v) is 12.0. The van der Waals surface area contributed by atoms with Crippen LogP contribution in [0, 0.1) is 11.3 Å². The maximum atomic E-state index is 12.0. The molecule has 1 aromatic carbocycles. The topological polar surface area (TPSA) is 90.2 Å². The molecule has 1 unspecified atom stereocenters. The number of aliphatic hydroxyl groups is 1. The van der Waals surface area contributed by atoms with Gasteiger partial charge in [-0.2, -0.15) is 5.26 Å². The van der Waals surface area contributed by atoms with Crippen molar-refractivity contribution >= 4 is 21.6 Å².